The highest BCUT2D eigenvalue weighted by Gasteiger charge is 2.36. The number of nitro groups is 1. The third-order valence-corrected chi connectivity index (χ3v) is 6.87. The number of carbonyl (C=O) groups excluding carboxylic acids is 4. The van der Waals surface area contributed by atoms with Crippen molar-refractivity contribution in [2.75, 3.05) is 25.1 Å². The molecule has 0 bridgehead atoms. The summed E-state index contributed by atoms with van der Waals surface area (Å²) in [6.45, 7) is 3.28. The number of esters is 1. The van der Waals surface area contributed by atoms with Gasteiger partial charge in [-0.05, 0) is 67.6 Å². The van der Waals surface area contributed by atoms with Crippen molar-refractivity contribution < 1.29 is 38.3 Å². The Labute approximate surface area is 253 Å². The van der Waals surface area contributed by atoms with Crippen LogP contribution in [0.25, 0.3) is 6.08 Å². The molecule has 43 heavy (non-hydrogen) atoms. The molecule has 0 saturated carbocycles. The number of hydrogen-bond donors (Lipinski definition) is 1. The zero-order valence-corrected chi connectivity index (χ0v) is 24.3. The van der Waals surface area contributed by atoms with Crippen LogP contribution >= 0.6 is 23.4 Å². The van der Waals surface area contributed by atoms with Gasteiger partial charge in [0.25, 0.3) is 16.8 Å². The van der Waals surface area contributed by atoms with E-state index < -0.39 is 34.5 Å². The van der Waals surface area contributed by atoms with Crippen LogP contribution in [0.5, 0.6) is 17.4 Å². The van der Waals surface area contributed by atoms with Gasteiger partial charge in [0.05, 0.1) is 33.6 Å². The molecule has 1 saturated heterocycles. The van der Waals surface area contributed by atoms with Crippen molar-refractivity contribution in [2.45, 2.75) is 13.8 Å². The number of pyridine rings is 1. The minimum absolute atomic E-state index is 0.0577. The number of hydrogen-bond acceptors (Lipinski definition) is 11. The van der Waals surface area contributed by atoms with Gasteiger partial charge >= 0.3 is 5.97 Å². The van der Waals surface area contributed by atoms with E-state index in [2.05, 4.69) is 10.3 Å². The van der Waals surface area contributed by atoms with Crippen LogP contribution in [0.15, 0.2) is 59.6 Å². The highest BCUT2D eigenvalue weighted by Crippen LogP contribution is 2.36. The first-order valence-electron chi connectivity index (χ1n) is 12.7. The molecule has 0 radical (unpaired) electrons. The van der Waals surface area contributed by atoms with Crippen molar-refractivity contribution in [3.8, 4) is 17.4 Å². The maximum absolute atomic E-state index is 13.0. The molecule has 3 amide bonds. The monoisotopic (exact) mass is 626 g/mol. The summed E-state index contributed by atoms with van der Waals surface area (Å²) in [6, 6.07) is 11.6. The quantitative estimate of drug-likeness (QED) is 0.120. The molecule has 3 aromatic rings. The molecular weight excluding hydrogens is 604 g/mol. The molecule has 13 nitrogen and oxygen atoms in total. The number of nitrogens with zero attached hydrogens (tertiary/aromatic N) is 3. The summed E-state index contributed by atoms with van der Waals surface area (Å²) in [5, 5.41) is 12.9. The van der Waals surface area contributed by atoms with E-state index in [9.17, 15) is 29.3 Å². The van der Waals surface area contributed by atoms with E-state index in [4.69, 9.17) is 25.8 Å². The second-order valence-electron chi connectivity index (χ2n) is 8.58. The lowest BCUT2D eigenvalue weighted by Crippen LogP contribution is -2.36. The second-order valence-corrected chi connectivity index (χ2v) is 9.98. The minimum Gasteiger partial charge on any atom is -0.490 e. The lowest BCUT2D eigenvalue weighted by molar-refractivity contribution is -0.385. The molecule has 2 aromatic carbocycles. The van der Waals surface area contributed by atoms with Gasteiger partial charge in [0, 0.05) is 17.8 Å². The fourth-order valence-electron chi connectivity index (χ4n) is 3.72. The van der Waals surface area contributed by atoms with E-state index in [1.165, 1.54) is 36.4 Å². The third kappa shape index (κ3) is 7.67. The second kappa shape index (κ2) is 13.8. The fraction of sp³-hybridized carbons (Fsp3) is 0.179. The van der Waals surface area contributed by atoms with E-state index in [1.54, 1.807) is 32.0 Å². The number of anilines is 1. The zero-order chi connectivity index (χ0) is 31.1. The Kier molecular flexibility index (Phi) is 9.95. The van der Waals surface area contributed by atoms with Crippen LogP contribution in [0.3, 0.4) is 0 Å². The standard InChI is InChI=1S/C28H23ClN4O9S/c1-3-40-22-11-16(5-9-21(22)42-25-10-7-18(14-30-25)33(38)39)12-23-26(35)32(28(37)43-23)15-24(34)31-17-6-8-20(29)19(13-17)27(36)41-4-2/h5-14H,3-4,15H2,1-2H3,(H,31,34)/b23-12-. The number of rotatable bonds is 11. The smallest absolute Gasteiger partial charge is 0.339 e. The van der Waals surface area contributed by atoms with Crippen LogP contribution in [0.1, 0.15) is 29.8 Å². The van der Waals surface area contributed by atoms with Crippen molar-refractivity contribution in [1.82, 2.24) is 9.88 Å². The minimum atomic E-state index is -0.666. The number of benzene rings is 2. The third-order valence-electron chi connectivity index (χ3n) is 5.63. The Morgan fingerprint density at radius 1 is 1.09 bits per heavy atom. The zero-order valence-electron chi connectivity index (χ0n) is 22.7. The lowest BCUT2D eigenvalue weighted by atomic mass is 10.2. The molecule has 1 fully saturated rings. The number of carbonyl (C=O) groups is 4. The molecule has 1 aliphatic heterocycles. The summed E-state index contributed by atoms with van der Waals surface area (Å²) in [6.07, 6.45) is 2.54. The van der Waals surface area contributed by atoms with Crippen LogP contribution < -0.4 is 14.8 Å². The summed E-state index contributed by atoms with van der Waals surface area (Å²) >= 11 is 6.72. The van der Waals surface area contributed by atoms with Crippen LogP contribution in [-0.2, 0) is 14.3 Å². The molecule has 1 N–H and O–H groups in total. The molecule has 15 heteroatoms. The summed E-state index contributed by atoms with van der Waals surface area (Å²) in [5.74, 6) is -1.30. The van der Waals surface area contributed by atoms with Crippen LogP contribution in [-0.4, -0.2) is 57.6 Å². The maximum atomic E-state index is 13.0. The predicted molar refractivity (Wildman–Crippen MR) is 157 cm³/mol. The van der Waals surface area contributed by atoms with Crippen molar-refractivity contribution in [3.05, 3.63) is 85.9 Å². The van der Waals surface area contributed by atoms with E-state index in [-0.39, 0.29) is 51.7 Å². The van der Waals surface area contributed by atoms with Crippen LogP contribution in [0.4, 0.5) is 16.2 Å². The van der Waals surface area contributed by atoms with Crippen molar-refractivity contribution in [1.29, 1.82) is 0 Å². The average molecular weight is 627 g/mol. The Morgan fingerprint density at radius 3 is 2.56 bits per heavy atom. The van der Waals surface area contributed by atoms with Crippen molar-refractivity contribution >= 4 is 63.8 Å². The predicted octanol–water partition coefficient (Wildman–Crippen LogP) is 5.69. The van der Waals surface area contributed by atoms with E-state index in [0.29, 0.717) is 23.1 Å². The van der Waals surface area contributed by atoms with Gasteiger partial charge in [0.15, 0.2) is 11.5 Å². The largest absolute Gasteiger partial charge is 0.490 e. The van der Waals surface area contributed by atoms with E-state index in [1.807, 2.05) is 0 Å². The Bertz CT molecular complexity index is 1630. The Morgan fingerprint density at radius 2 is 1.88 bits per heavy atom. The van der Waals surface area contributed by atoms with Gasteiger partial charge in [-0.25, -0.2) is 9.78 Å². The van der Waals surface area contributed by atoms with Crippen LogP contribution in [0.2, 0.25) is 5.02 Å². The first kappa shape index (κ1) is 31.0. The van der Waals surface area contributed by atoms with Gasteiger partial charge in [-0.3, -0.25) is 29.4 Å². The molecule has 1 aromatic heterocycles. The number of halogens is 1. The SMILES string of the molecule is CCOC(=O)c1cc(NC(=O)CN2C(=O)S/C(=C\c3ccc(Oc4ccc([N+](=O)[O-])cn4)c(OCC)c3)C2=O)ccc1Cl. The highest BCUT2D eigenvalue weighted by molar-refractivity contribution is 8.18. The van der Waals surface area contributed by atoms with Gasteiger partial charge in [0.2, 0.25) is 11.8 Å². The topological polar surface area (TPSA) is 167 Å². The van der Waals surface area contributed by atoms with Gasteiger partial charge < -0.3 is 19.5 Å². The summed E-state index contributed by atoms with van der Waals surface area (Å²) < 4.78 is 16.3. The first-order valence-corrected chi connectivity index (χ1v) is 13.9. The molecular formula is C28H23ClN4O9S. The molecule has 2 heterocycles. The number of amides is 3. The molecule has 0 aliphatic carbocycles. The van der Waals surface area contributed by atoms with Gasteiger partial charge in [-0.2, -0.15) is 0 Å². The summed E-state index contributed by atoms with van der Waals surface area (Å²) in [7, 11) is 0. The Balaban J connectivity index is 1.45. The average Bonchev–Trinajstić information content (AvgIpc) is 3.23. The first-order chi connectivity index (χ1) is 20.6. The maximum Gasteiger partial charge on any atom is 0.339 e. The number of ether oxygens (including phenoxy) is 3. The molecule has 0 atom stereocenters. The van der Waals surface area contributed by atoms with Gasteiger partial charge in [-0.15, -0.1) is 0 Å². The summed E-state index contributed by atoms with van der Waals surface area (Å²) in [4.78, 5) is 65.4. The molecule has 1 aliphatic rings. The normalized spacial score (nSPS) is 13.7. The molecule has 0 spiro atoms. The van der Waals surface area contributed by atoms with Gasteiger partial charge in [0.1, 0.15) is 12.7 Å². The molecule has 0 unspecified atom stereocenters. The fourth-order valence-corrected chi connectivity index (χ4v) is 4.75. The highest BCUT2D eigenvalue weighted by atomic mass is 35.5. The lowest BCUT2D eigenvalue weighted by Gasteiger charge is -2.13. The van der Waals surface area contributed by atoms with Crippen molar-refractivity contribution in [3.63, 3.8) is 0 Å². The number of aromatic nitrogens is 1. The number of thioether (sulfide) groups is 1. The Hall–Kier alpha value is -4.95. The summed E-state index contributed by atoms with van der Waals surface area (Å²) in [5.41, 5.74) is 0.610. The van der Waals surface area contributed by atoms with Crippen molar-refractivity contribution in [2.24, 2.45) is 0 Å². The number of nitrogens with one attached hydrogen (secondary N) is 1. The van der Waals surface area contributed by atoms with E-state index in [0.717, 1.165) is 11.1 Å². The molecule has 222 valence electrons. The number of imide groups is 1. The molecule has 4 rings (SSSR count). The van der Waals surface area contributed by atoms with Crippen LogP contribution in [0, 0.1) is 10.1 Å². The van der Waals surface area contributed by atoms with Gasteiger partial charge in [-0.1, -0.05) is 17.7 Å². The van der Waals surface area contributed by atoms with E-state index >= 15 is 0 Å².